The van der Waals surface area contributed by atoms with Crippen LogP contribution in [0.4, 0.5) is 4.39 Å². The first kappa shape index (κ1) is 13.3. The molecule has 0 saturated heterocycles. The first-order valence-corrected chi connectivity index (χ1v) is 5.90. The molecule has 16 heavy (non-hydrogen) atoms. The van der Waals surface area contributed by atoms with Crippen LogP contribution in [0.5, 0.6) is 5.75 Å². The van der Waals surface area contributed by atoms with Crippen molar-refractivity contribution in [3.63, 3.8) is 0 Å². The molecule has 0 atom stereocenters. The molecule has 2 nitrogen and oxygen atoms in total. The van der Waals surface area contributed by atoms with Gasteiger partial charge in [-0.25, -0.2) is 4.39 Å². The van der Waals surface area contributed by atoms with Crippen LogP contribution in [0.15, 0.2) is 18.2 Å². The lowest BCUT2D eigenvalue weighted by atomic mass is 10.1. The number of ether oxygens (including phenoxy) is 1. The Hall–Kier alpha value is -0.800. The molecule has 0 aliphatic rings. The summed E-state index contributed by atoms with van der Waals surface area (Å²) >= 11 is 5.55. The number of rotatable bonds is 7. The van der Waals surface area contributed by atoms with Crippen LogP contribution in [0.3, 0.4) is 0 Å². The molecule has 1 N–H and O–H groups in total. The molecule has 0 saturated carbocycles. The highest BCUT2D eigenvalue weighted by Crippen LogP contribution is 2.17. The van der Waals surface area contributed by atoms with Crippen molar-refractivity contribution in [1.29, 1.82) is 0 Å². The molecule has 90 valence electrons. The van der Waals surface area contributed by atoms with E-state index in [9.17, 15) is 4.39 Å². The van der Waals surface area contributed by atoms with E-state index in [1.54, 1.807) is 6.07 Å². The molecule has 0 bridgehead atoms. The normalized spacial score (nSPS) is 10.4. The number of alkyl halides is 1. The van der Waals surface area contributed by atoms with Crippen LogP contribution in [-0.4, -0.2) is 26.1 Å². The molecule has 1 rings (SSSR count). The summed E-state index contributed by atoms with van der Waals surface area (Å²) in [5, 5.41) is 3.24. The first-order valence-electron chi connectivity index (χ1n) is 5.37. The first-order chi connectivity index (χ1) is 7.77. The van der Waals surface area contributed by atoms with E-state index in [4.69, 9.17) is 16.3 Å². The summed E-state index contributed by atoms with van der Waals surface area (Å²) in [6.07, 6.45) is 1.77. The lowest BCUT2D eigenvalue weighted by molar-refractivity contribution is 0.386. The zero-order chi connectivity index (χ0) is 11.8. The molecule has 0 unspecified atom stereocenters. The average molecular weight is 246 g/mol. The van der Waals surface area contributed by atoms with Gasteiger partial charge >= 0.3 is 0 Å². The SMILES string of the molecule is COc1ccc(CCNCCCCl)cc1F. The maximum Gasteiger partial charge on any atom is 0.165 e. The third-order valence-electron chi connectivity index (χ3n) is 2.29. The molecule has 1 aromatic carbocycles. The van der Waals surface area contributed by atoms with Crippen LogP contribution in [0.2, 0.25) is 0 Å². The molecule has 0 spiro atoms. The third kappa shape index (κ3) is 4.37. The number of hydrogen-bond acceptors (Lipinski definition) is 2. The van der Waals surface area contributed by atoms with Gasteiger partial charge in [0.25, 0.3) is 0 Å². The zero-order valence-electron chi connectivity index (χ0n) is 9.43. The van der Waals surface area contributed by atoms with Crippen molar-refractivity contribution in [3.05, 3.63) is 29.6 Å². The van der Waals surface area contributed by atoms with Crippen LogP contribution in [-0.2, 0) is 6.42 Å². The summed E-state index contributed by atoms with van der Waals surface area (Å²) in [6.45, 7) is 1.74. The lowest BCUT2D eigenvalue weighted by Crippen LogP contribution is -2.18. The smallest absolute Gasteiger partial charge is 0.165 e. The Morgan fingerprint density at radius 2 is 2.19 bits per heavy atom. The minimum atomic E-state index is -0.305. The quantitative estimate of drug-likeness (QED) is 0.589. The van der Waals surface area contributed by atoms with Gasteiger partial charge in [-0.3, -0.25) is 0 Å². The fraction of sp³-hybridized carbons (Fsp3) is 0.500. The maximum atomic E-state index is 13.3. The Morgan fingerprint density at radius 1 is 1.38 bits per heavy atom. The highest BCUT2D eigenvalue weighted by atomic mass is 35.5. The third-order valence-corrected chi connectivity index (χ3v) is 2.56. The van der Waals surface area contributed by atoms with Gasteiger partial charge in [-0.2, -0.15) is 0 Å². The molecule has 0 amide bonds. The van der Waals surface area contributed by atoms with E-state index in [1.807, 2.05) is 6.07 Å². The van der Waals surface area contributed by atoms with Gasteiger partial charge in [-0.15, -0.1) is 11.6 Å². The standard InChI is InChI=1S/C12H17ClFNO/c1-16-12-4-3-10(9-11(12)14)5-8-15-7-2-6-13/h3-4,9,15H,2,5-8H2,1H3. The summed E-state index contributed by atoms with van der Waals surface area (Å²) in [6, 6.07) is 5.05. The Bertz CT molecular complexity index is 320. The van der Waals surface area contributed by atoms with Crippen LogP contribution in [0.25, 0.3) is 0 Å². The molecule has 4 heteroatoms. The molecule has 0 aliphatic heterocycles. The number of benzene rings is 1. The summed E-state index contributed by atoms with van der Waals surface area (Å²) < 4.78 is 18.2. The highest BCUT2D eigenvalue weighted by Gasteiger charge is 2.02. The van der Waals surface area contributed by atoms with Gasteiger partial charge in [0.15, 0.2) is 11.6 Å². The minimum absolute atomic E-state index is 0.291. The van der Waals surface area contributed by atoms with Crippen molar-refractivity contribution in [2.24, 2.45) is 0 Å². The number of halogens is 2. The topological polar surface area (TPSA) is 21.3 Å². The molecule has 0 radical (unpaired) electrons. The fourth-order valence-electron chi connectivity index (χ4n) is 1.41. The van der Waals surface area contributed by atoms with Gasteiger partial charge < -0.3 is 10.1 Å². The van der Waals surface area contributed by atoms with Gasteiger partial charge in [-0.1, -0.05) is 6.07 Å². The number of methoxy groups -OCH3 is 1. The number of nitrogens with one attached hydrogen (secondary N) is 1. The van der Waals surface area contributed by atoms with E-state index in [2.05, 4.69) is 5.32 Å². The molecule has 0 aromatic heterocycles. The molecular weight excluding hydrogens is 229 g/mol. The summed E-state index contributed by atoms with van der Waals surface area (Å²) in [7, 11) is 1.46. The molecule has 0 fully saturated rings. The van der Waals surface area contributed by atoms with Crippen molar-refractivity contribution >= 4 is 11.6 Å². The van der Waals surface area contributed by atoms with Crippen molar-refractivity contribution in [2.75, 3.05) is 26.1 Å². The van der Waals surface area contributed by atoms with Crippen molar-refractivity contribution < 1.29 is 9.13 Å². The minimum Gasteiger partial charge on any atom is -0.494 e. The zero-order valence-corrected chi connectivity index (χ0v) is 10.2. The maximum absolute atomic E-state index is 13.3. The Kier molecular flexibility index (Phi) is 6.19. The van der Waals surface area contributed by atoms with Gasteiger partial charge in [-0.05, 0) is 43.6 Å². The van der Waals surface area contributed by atoms with E-state index in [1.165, 1.54) is 13.2 Å². The van der Waals surface area contributed by atoms with Crippen molar-refractivity contribution in [1.82, 2.24) is 5.32 Å². The average Bonchev–Trinajstić information content (AvgIpc) is 2.29. The molecule has 1 aromatic rings. The van der Waals surface area contributed by atoms with Crippen LogP contribution >= 0.6 is 11.6 Å². The molecular formula is C12H17ClFNO. The van der Waals surface area contributed by atoms with E-state index < -0.39 is 0 Å². The van der Waals surface area contributed by atoms with Crippen molar-refractivity contribution in [3.8, 4) is 5.75 Å². The summed E-state index contributed by atoms with van der Waals surface area (Å²) in [5.41, 5.74) is 0.969. The Morgan fingerprint density at radius 3 is 2.81 bits per heavy atom. The van der Waals surface area contributed by atoms with Crippen LogP contribution in [0.1, 0.15) is 12.0 Å². The van der Waals surface area contributed by atoms with E-state index in [-0.39, 0.29) is 5.82 Å². The Labute approximate surface area is 101 Å². The summed E-state index contributed by atoms with van der Waals surface area (Å²) in [4.78, 5) is 0. The molecule has 0 aliphatic carbocycles. The van der Waals surface area contributed by atoms with E-state index in [0.717, 1.165) is 31.5 Å². The second-order valence-electron chi connectivity index (χ2n) is 3.51. The fourth-order valence-corrected chi connectivity index (χ4v) is 1.55. The Balaban J connectivity index is 2.34. The predicted octanol–water partition coefficient (Wildman–Crippen LogP) is 2.60. The van der Waals surface area contributed by atoms with Gasteiger partial charge in [0, 0.05) is 5.88 Å². The second-order valence-corrected chi connectivity index (χ2v) is 3.89. The predicted molar refractivity (Wildman–Crippen MR) is 64.9 cm³/mol. The lowest BCUT2D eigenvalue weighted by Gasteiger charge is -2.06. The van der Waals surface area contributed by atoms with E-state index in [0.29, 0.717) is 11.6 Å². The van der Waals surface area contributed by atoms with Crippen LogP contribution < -0.4 is 10.1 Å². The largest absolute Gasteiger partial charge is 0.494 e. The van der Waals surface area contributed by atoms with Crippen LogP contribution in [0, 0.1) is 5.82 Å². The van der Waals surface area contributed by atoms with Gasteiger partial charge in [0.05, 0.1) is 7.11 Å². The van der Waals surface area contributed by atoms with E-state index >= 15 is 0 Å². The number of hydrogen-bond donors (Lipinski definition) is 1. The van der Waals surface area contributed by atoms with Gasteiger partial charge in [0.1, 0.15) is 0 Å². The monoisotopic (exact) mass is 245 g/mol. The van der Waals surface area contributed by atoms with Crippen molar-refractivity contribution in [2.45, 2.75) is 12.8 Å². The highest BCUT2D eigenvalue weighted by molar-refractivity contribution is 6.17. The summed E-state index contributed by atoms with van der Waals surface area (Å²) in [5.74, 6) is 0.657. The second kappa shape index (κ2) is 7.47. The van der Waals surface area contributed by atoms with Gasteiger partial charge in [0.2, 0.25) is 0 Å². The molecule has 0 heterocycles.